The van der Waals surface area contributed by atoms with E-state index in [2.05, 4.69) is 25.7 Å². The van der Waals surface area contributed by atoms with Crippen LogP contribution in [0.4, 0.5) is 13.2 Å². The van der Waals surface area contributed by atoms with Crippen molar-refractivity contribution in [2.24, 2.45) is 34.0 Å². The number of rotatable bonds is 6. The second-order valence-electron chi connectivity index (χ2n) is 12.3. The highest BCUT2D eigenvalue weighted by molar-refractivity contribution is 6.05. The molecule has 13 heteroatoms. The molecule has 1 spiro atoms. The van der Waals surface area contributed by atoms with Crippen LogP contribution in [-0.2, 0) is 33.4 Å². The molecule has 41 heavy (non-hydrogen) atoms. The van der Waals surface area contributed by atoms with E-state index in [0.29, 0.717) is 12.0 Å². The van der Waals surface area contributed by atoms with Crippen molar-refractivity contribution in [2.75, 3.05) is 27.3 Å². The van der Waals surface area contributed by atoms with E-state index in [0.717, 1.165) is 19.3 Å². The molecular formula is C28H40F3NO9. The number of likely N-dealkylation sites (N-methyl/N-ethyl adjacent to an activating group) is 1. The number of fused-ring (bicyclic) bond motifs is 3. The van der Waals surface area contributed by atoms with Gasteiger partial charge < -0.3 is 29.7 Å². The number of aliphatic hydroxyl groups is 1. The molecule has 8 atom stereocenters. The molecular weight excluding hydrogens is 551 g/mol. The predicted molar refractivity (Wildman–Crippen MR) is 137 cm³/mol. The Morgan fingerprint density at radius 2 is 1.78 bits per heavy atom. The fraction of sp³-hybridized carbons (Fsp3) is 0.786. The van der Waals surface area contributed by atoms with Crippen LogP contribution in [0.3, 0.4) is 0 Å². The Hall–Kier alpha value is -2.51. The molecule has 10 nitrogen and oxygen atoms in total. The molecule has 0 aliphatic heterocycles. The van der Waals surface area contributed by atoms with Gasteiger partial charge in [0.2, 0.25) is 0 Å². The summed E-state index contributed by atoms with van der Waals surface area (Å²) in [6, 6.07) is 0. The minimum Gasteiger partial charge on any atom is -0.475 e. The number of methoxy groups -OCH3 is 1. The van der Waals surface area contributed by atoms with Gasteiger partial charge in [-0.1, -0.05) is 26.8 Å². The summed E-state index contributed by atoms with van der Waals surface area (Å²) in [6.07, 6.45) is -3.80. The highest BCUT2D eigenvalue weighted by atomic mass is 19.4. The molecule has 0 aromatic carbocycles. The Kier molecular flexibility index (Phi) is 9.37. The predicted octanol–water partition coefficient (Wildman–Crippen LogP) is 2.67. The lowest BCUT2D eigenvalue weighted by Crippen LogP contribution is -2.72. The first-order valence-corrected chi connectivity index (χ1v) is 13.6. The van der Waals surface area contributed by atoms with E-state index >= 15 is 0 Å². The van der Waals surface area contributed by atoms with Gasteiger partial charge in [0.15, 0.2) is 5.78 Å². The van der Waals surface area contributed by atoms with Gasteiger partial charge in [0.25, 0.3) is 0 Å². The number of carboxylic acids is 1. The monoisotopic (exact) mass is 591 g/mol. The maximum absolute atomic E-state index is 14.1. The number of Topliss-reactive ketones (excluding diaryl/α,β-unsaturated/α-hetero) is 1. The van der Waals surface area contributed by atoms with Gasteiger partial charge in [-0.3, -0.25) is 14.4 Å². The molecule has 0 unspecified atom stereocenters. The number of hydrogen-bond acceptors (Lipinski definition) is 9. The van der Waals surface area contributed by atoms with E-state index in [4.69, 9.17) is 24.1 Å². The molecule has 2 bridgehead atoms. The molecule has 0 saturated heterocycles. The molecule has 4 aliphatic rings. The number of aliphatic carboxylic acids is 1. The lowest BCUT2D eigenvalue weighted by molar-refractivity contribution is -0.271. The molecule has 0 aromatic heterocycles. The van der Waals surface area contributed by atoms with E-state index in [1.54, 1.807) is 14.2 Å². The van der Waals surface area contributed by atoms with Crippen LogP contribution in [0.1, 0.15) is 52.9 Å². The molecule has 0 heterocycles. The Morgan fingerprint density at radius 1 is 1.17 bits per heavy atom. The average Bonchev–Trinajstić information content (AvgIpc) is 2.98. The van der Waals surface area contributed by atoms with Crippen molar-refractivity contribution in [3.8, 4) is 0 Å². The van der Waals surface area contributed by atoms with Gasteiger partial charge in [-0.15, -0.1) is 0 Å². The number of esters is 2. The van der Waals surface area contributed by atoms with Crippen LogP contribution >= 0.6 is 0 Å². The lowest BCUT2D eigenvalue weighted by Gasteiger charge is -2.67. The maximum atomic E-state index is 14.1. The number of nitrogens with one attached hydrogen (secondary N) is 1. The number of halogens is 3. The van der Waals surface area contributed by atoms with Crippen LogP contribution < -0.4 is 5.32 Å². The molecule has 4 aliphatic carbocycles. The van der Waals surface area contributed by atoms with Crippen LogP contribution in [0.25, 0.3) is 0 Å². The first kappa shape index (κ1) is 33.0. The second-order valence-corrected chi connectivity index (χ2v) is 12.3. The highest BCUT2D eigenvalue weighted by Crippen LogP contribution is 2.72. The van der Waals surface area contributed by atoms with Crippen molar-refractivity contribution in [1.29, 1.82) is 0 Å². The maximum Gasteiger partial charge on any atom is 0.490 e. The summed E-state index contributed by atoms with van der Waals surface area (Å²) in [5, 5.41) is 21.6. The Bertz CT molecular complexity index is 1080. The Balaban J connectivity index is 0.000000587. The number of ketones is 1. The van der Waals surface area contributed by atoms with E-state index in [9.17, 15) is 32.7 Å². The van der Waals surface area contributed by atoms with E-state index < -0.39 is 59.1 Å². The average molecular weight is 592 g/mol. The zero-order chi connectivity index (χ0) is 31.1. The summed E-state index contributed by atoms with van der Waals surface area (Å²) in [5.41, 5.74) is -1.62. The van der Waals surface area contributed by atoms with Gasteiger partial charge in [0.1, 0.15) is 11.5 Å². The minimum atomic E-state index is -5.08. The molecule has 4 saturated carbocycles. The first-order valence-electron chi connectivity index (χ1n) is 13.6. The van der Waals surface area contributed by atoms with Gasteiger partial charge in [-0.25, -0.2) is 4.79 Å². The molecule has 3 N–H and O–H groups in total. The van der Waals surface area contributed by atoms with Crippen molar-refractivity contribution < 1.29 is 56.8 Å². The number of alkyl halides is 3. The summed E-state index contributed by atoms with van der Waals surface area (Å²) in [4.78, 5) is 47.7. The van der Waals surface area contributed by atoms with Gasteiger partial charge in [0.05, 0.1) is 25.4 Å². The van der Waals surface area contributed by atoms with Crippen LogP contribution in [0.5, 0.6) is 0 Å². The third-order valence-electron chi connectivity index (χ3n) is 9.72. The number of ether oxygens (including phenoxy) is 3. The van der Waals surface area contributed by atoms with Crippen LogP contribution in [0.15, 0.2) is 12.2 Å². The summed E-state index contributed by atoms with van der Waals surface area (Å²) in [7, 11) is 3.25. The molecule has 0 radical (unpaired) electrons. The third-order valence-corrected chi connectivity index (χ3v) is 9.72. The van der Waals surface area contributed by atoms with E-state index in [-0.39, 0.29) is 42.7 Å². The summed E-state index contributed by atoms with van der Waals surface area (Å²) in [5.74, 6) is -4.78. The first-order chi connectivity index (χ1) is 18.9. The largest absolute Gasteiger partial charge is 0.490 e. The molecule has 4 rings (SSSR count). The zero-order valence-electron chi connectivity index (χ0n) is 24.0. The van der Waals surface area contributed by atoms with Crippen molar-refractivity contribution in [3.05, 3.63) is 12.2 Å². The Labute approximate surface area is 237 Å². The van der Waals surface area contributed by atoms with Crippen LogP contribution in [-0.4, -0.2) is 85.7 Å². The van der Waals surface area contributed by atoms with Crippen LogP contribution in [0.2, 0.25) is 0 Å². The van der Waals surface area contributed by atoms with Crippen molar-refractivity contribution >= 4 is 23.7 Å². The summed E-state index contributed by atoms with van der Waals surface area (Å²) < 4.78 is 49.5. The van der Waals surface area contributed by atoms with Gasteiger partial charge >= 0.3 is 24.1 Å². The minimum absolute atomic E-state index is 0.0130. The molecule has 4 fully saturated rings. The topological polar surface area (TPSA) is 148 Å². The van der Waals surface area contributed by atoms with Crippen LogP contribution in [0, 0.1) is 34.0 Å². The highest BCUT2D eigenvalue weighted by Gasteiger charge is 2.78. The number of carbonyl (C=O) groups is 4. The second kappa shape index (κ2) is 11.6. The molecule has 0 amide bonds. The summed E-state index contributed by atoms with van der Waals surface area (Å²) in [6.45, 7) is 10.0. The van der Waals surface area contributed by atoms with Gasteiger partial charge in [-0.2, -0.15) is 13.2 Å². The van der Waals surface area contributed by atoms with Crippen molar-refractivity contribution in [1.82, 2.24) is 5.32 Å². The molecule has 232 valence electrons. The van der Waals surface area contributed by atoms with Crippen molar-refractivity contribution in [2.45, 2.75) is 77.4 Å². The van der Waals surface area contributed by atoms with E-state index in [1.807, 2.05) is 0 Å². The van der Waals surface area contributed by atoms with Gasteiger partial charge in [-0.05, 0) is 49.6 Å². The number of carbonyl (C=O) groups excluding carboxylic acids is 3. The fourth-order valence-corrected chi connectivity index (χ4v) is 8.41. The van der Waals surface area contributed by atoms with Crippen molar-refractivity contribution in [3.63, 3.8) is 0 Å². The van der Waals surface area contributed by atoms with Gasteiger partial charge in [0, 0.05) is 31.3 Å². The Morgan fingerprint density at radius 3 is 2.29 bits per heavy atom. The molecule has 0 aromatic rings. The smallest absolute Gasteiger partial charge is 0.475 e. The lowest BCUT2D eigenvalue weighted by atomic mass is 9.39. The zero-order valence-corrected chi connectivity index (χ0v) is 24.0. The quantitative estimate of drug-likeness (QED) is 0.311. The number of aliphatic hydroxyl groups excluding tert-OH is 1. The normalized spacial score (nSPS) is 37.2. The SMILES string of the molecule is C=C1C(=O)[C@]23[C@H](OC(=O)CNC)[C@H]1C[C@H](O)[C@H]2[C@]1(COC(C)=O)CCCC(C)(C)[C@H]1C[C@H]3OC.O=C(O)C(F)(F)F. The van der Waals surface area contributed by atoms with E-state index in [1.165, 1.54) is 6.92 Å². The fourth-order valence-electron chi connectivity index (χ4n) is 8.41. The standard InChI is InChI=1S/C26H39NO7.C2HF3O2/c1-14-16-10-17(29)21-25(13-33-15(2)28)9-7-8-24(3,4)18(25)11-19(32-6)26(21,22(14)31)23(16)34-20(30)12-27-5;3-2(4,5)1(6)7/h16-19,21,23,27,29H,1,7-13H2,2-6H3;(H,6,7)/t16-,17-,18+,19+,21-,23+,25-,26+;/m0./s1. The summed E-state index contributed by atoms with van der Waals surface area (Å²) >= 11 is 0. The number of carboxylic acid groups (broad SMARTS) is 1. The number of hydrogen-bond donors (Lipinski definition) is 3. The third kappa shape index (κ3) is 5.52.